The number of guanidine groups is 1. The van der Waals surface area contributed by atoms with E-state index in [1.165, 1.54) is 30.8 Å². The van der Waals surface area contributed by atoms with E-state index < -0.39 is 0 Å². The highest BCUT2D eigenvalue weighted by Gasteiger charge is 2.26. The van der Waals surface area contributed by atoms with Crippen molar-refractivity contribution in [2.24, 2.45) is 10.9 Å². The van der Waals surface area contributed by atoms with Crippen LogP contribution in [-0.4, -0.2) is 65.5 Å². The molecule has 2 aliphatic heterocycles. The molecule has 2 N–H and O–H groups in total. The fourth-order valence-electron chi connectivity index (χ4n) is 4.48. The summed E-state index contributed by atoms with van der Waals surface area (Å²) in [5.74, 6) is 3.50. The molecule has 0 spiro atoms. The van der Waals surface area contributed by atoms with E-state index in [1.807, 2.05) is 23.1 Å². The Morgan fingerprint density at radius 2 is 2.16 bits per heavy atom. The second-order valence-electron chi connectivity index (χ2n) is 8.64. The van der Waals surface area contributed by atoms with Crippen molar-refractivity contribution in [1.29, 1.82) is 0 Å². The lowest BCUT2D eigenvalue weighted by molar-refractivity contribution is 0.140. The molecule has 0 radical (unpaired) electrons. The van der Waals surface area contributed by atoms with Gasteiger partial charge in [0.1, 0.15) is 12.4 Å². The van der Waals surface area contributed by atoms with Gasteiger partial charge in [0.15, 0.2) is 11.8 Å². The lowest BCUT2D eigenvalue weighted by Gasteiger charge is -2.36. The fraction of sp³-hybridized carbons (Fsp3) is 0.682. The van der Waals surface area contributed by atoms with Gasteiger partial charge in [0.25, 0.3) is 0 Å². The Morgan fingerprint density at radius 3 is 2.84 bits per heavy atom. The highest BCUT2D eigenvalue weighted by Crippen LogP contribution is 2.29. The molecule has 2 atom stereocenters. The van der Waals surface area contributed by atoms with Gasteiger partial charge in [-0.15, -0.1) is 35.3 Å². The molecule has 10 heteroatoms. The number of halogens is 1. The molecule has 2 aliphatic rings. The zero-order chi connectivity index (χ0) is 21.6. The van der Waals surface area contributed by atoms with Gasteiger partial charge in [0.2, 0.25) is 0 Å². The topological polar surface area (TPSA) is 79.6 Å². The van der Waals surface area contributed by atoms with Gasteiger partial charge < -0.3 is 15.4 Å². The van der Waals surface area contributed by atoms with E-state index in [1.54, 1.807) is 7.11 Å². The minimum Gasteiger partial charge on any atom is -0.377 e. The van der Waals surface area contributed by atoms with Crippen LogP contribution in [0, 0.1) is 5.92 Å². The Labute approximate surface area is 212 Å². The lowest BCUT2D eigenvalue weighted by Crippen LogP contribution is -2.49. The summed E-state index contributed by atoms with van der Waals surface area (Å²) in [6, 6.07) is 5.08. The molecule has 1 fully saturated rings. The number of nitrogens with zero attached hydrogens (tertiary/aromatic N) is 5. The number of aromatic nitrogens is 3. The lowest BCUT2D eigenvalue weighted by atomic mass is 9.97. The van der Waals surface area contributed by atoms with E-state index >= 15 is 0 Å². The van der Waals surface area contributed by atoms with E-state index in [9.17, 15) is 0 Å². The number of thiophene rings is 1. The third-order valence-corrected chi connectivity index (χ3v) is 7.31. The van der Waals surface area contributed by atoms with Gasteiger partial charge in [-0.05, 0) is 49.7 Å². The Hall–Kier alpha value is -1.24. The molecular formula is C22H36IN7OS. The Morgan fingerprint density at radius 1 is 1.34 bits per heavy atom. The second kappa shape index (κ2) is 12.3. The summed E-state index contributed by atoms with van der Waals surface area (Å²) in [5, 5.41) is 14.0. The summed E-state index contributed by atoms with van der Waals surface area (Å²) in [7, 11) is 3.52. The zero-order valence-electron chi connectivity index (χ0n) is 19.3. The monoisotopic (exact) mass is 573 g/mol. The molecule has 2 aromatic heterocycles. The molecular weight excluding hydrogens is 537 g/mol. The quantitative estimate of drug-likeness (QED) is 0.301. The predicted molar refractivity (Wildman–Crippen MR) is 140 cm³/mol. The fourth-order valence-corrected chi connectivity index (χ4v) is 5.34. The molecule has 32 heavy (non-hydrogen) atoms. The number of ether oxygens (including phenoxy) is 1. The number of fused-ring (bicyclic) bond motifs is 1. The van der Waals surface area contributed by atoms with Gasteiger partial charge in [0, 0.05) is 38.0 Å². The van der Waals surface area contributed by atoms with Crippen LogP contribution in [0.5, 0.6) is 0 Å². The largest absolute Gasteiger partial charge is 0.377 e. The highest BCUT2D eigenvalue weighted by atomic mass is 127. The summed E-state index contributed by atoms with van der Waals surface area (Å²) < 4.78 is 7.18. The van der Waals surface area contributed by atoms with Gasteiger partial charge in [-0.1, -0.05) is 13.0 Å². The molecule has 8 nitrogen and oxygen atoms in total. The number of rotatable bonds is 7. The van der Waals surface area contributed by atoms with Crippen LogP contribution < -0.4 is 10.6 Å². The van der Waals surface area contributed by atoms with Crippen LogP contribution in [0.25, 0.3) is 0 Å². The van der Waals surface area contributed by atoms with Gasteiger partial charge in [0.05, 0.1) is 12.6 Å². The van der Waals surface area contributed by atoms with E-state index in [-0.39, 0.29) is 30.0 Å². The molecule has 2 aromatic rings. The maximum absolute atomic E-state index is 5.17. The van der Waals surface area contributed by atoms with E-state index in [0.29, 0.717) is 12.6 Å². The van der Waals surface area contributed by atoms with Crippen molar-refractivity contribution in [2.75, 3.05) is 33.8 Å². The number of nitrogens with one attached hydrogen (secondary N) is 2. The summed E-state index contributed by atoms with van der Waals surface area (Å²) in [5.41, 5.74) is 0. The van der Waals surface area contributed by atoms with Crippen LogP contribution in [0.2, 0.25) is 0 Å². The molecule has 4 rings (SSSR count). The third kappa shape index (κ3) is 6.42. The van der Waals surface area contributed by atoms with Gasteiger partial charge in [-0.3, -0.25) is 9.89 Å². The van der Waals surface area contributed by atoms with Gasteiger partial charge in [-0.2, -0.15) is 5.10 Å². The van der Waals surface area contributed by atoms with Crippen molar-refractivity contribution in [3.05, 3.63) is 34.0 Å². The SMILES string of the molecule is CN=C(NCC(c1cccs1)N1CCC(C)CC1)NC1CCc2nc(COC)nn2C1.I. The first-order valence-corrected chi connectivity index (χ1v) is 12.2. The standard InChI is InChI=1S/C22H35N7OS.HI/c1-16-8-10-28(11-9-16)18(19-5-4-12-31-19)13-24-22(23-2)25-17-6-7-21-26-20(15-30-3)27-29(21)14-17;/h4-5,12,16-18H,6-11,13-15H2,1-3H3,(H2,23,24,25);1H. The minimum atomic E-state index is 0. The highest BCUT2D eigenvalue weighted by molar-refractivity contribution is 14.0. The maximum atomic E-state index is 5.17. The number of likely N-dealkylation sites (tertiary alicyclic amines) is 1. The summed E-state index contributed by atoms with van der Waals surface area (Å²) in [6.45, 7) is 6.81. The second-order valence-corrected chi connectivity index (χ2v) is 9.62. The first kappa shape index (κ1) is 25.4. The van der Waals surface area contributed by atoms with Crippen molar-refractivity contribution >= 4 is 41.3 Å². The van der Waals surface area contributed by atoms with Crippen molar-refractivity contribution in [2.45, 2.75) is 57.8 Å². The van der Waals surface area contributed by atoms with Crippen LogP contribution in [0.1, 0.15) is 48.8 Å². The van der Waals surface area contributed by atoms with E-state index in [4.69, 9.17) is 4.74 Å². The zero-order valence-corrected chi connectivity index (χ0v) is 22.4. The number of aliphatic imine (C=N–C) groups is 1. The Balaban J connectivity index is 0.00000289. The third-order valence-electron chi connectivity index (χ3n) is 6.33. The number of hydrogen-bond donors (Lipinski definition) is 2. The van der Waals surface area contributed by atoms with Crippen molar-refractivity contribution < 1.29 is 4.74 Å². The molecule has 1 saturated heterocycles. The van der Waals surface area contributed by atoms with Crippen LogP contribution in [0.3, 0.4) is 0 Å². The summed E-state index contributed by atoms with van der Waals surface area (Å²) in [6.07, 6.45) is 4.49. The number of methoxy groups -OCH3 is 1. The van der Waals surface area contributed by atoms with Crippen LogP contribution in [0.15, 0.2) is 22.5 Å². The van der Waals surface area contributed by atoms with Crippen LogP contribution in [0.4, 0.5) is 0 Å². The Kier molecular flexibility index (Phi) is 9.75. The average Bonchev–Trinajstić information content (AvgIpc) is 3.44. The smallest absolute Gasteiger partial charge is 0.191 e. The van der Waals surface area contributed by atoms with Crippen LogP contribution in [-0.2, 0) is 24.3 Å². The first-order valence-electron chi connectivity index (χ1n) is 11.3. The van der Waals surface area contributed by atoms with Crippen molar-refractivity contribution in [1.82, 2.24) is 30.3 Å². The van der Waals surface area contributed by atoms with Crippen molar-refractivity contribution in [3.63, 3.8) is 0 Å². The van der Waals surface area contributed by atoms with Gasteiger partial charge in [-0.25, -0.2) is 9.67 Å². The molecule has 2 unspecified atom stereocenters. The molecule has 0 aliphatic carbocycles. The summed E-state index contributed by atoms with van der Waals surface area (Å²) in [4.78, 5) is 13.1. The van der Waals surface area contributed by atoms with Gasteiger partial charge >= 0.3 is 0 Å². The number of hydrogen-bond acceptors (Lipinski definition) is 6. The molecule has 4 heterocycles. The number of piperidine rings is 1. The number of aryl methyl sites for hydroxylation is 1. The predicted octanol–water partition coefficient (Wildman–Crippen LogP) is 3.06. The van der Waals surface area contributed by atoms with E-state index in [0.717, 1.165) is 49.5 Å². The first-order chi connectivity index (χ1) is 15.2. The van der Waals surface area contributed by atoms with Crippen LogP contribution >= 0.6 is 35.3 Å². The summed E-state index contributed by atoms with van der Waals surface area (Å²) >= 11 is 1.85. The molecule has 0 bridgehead atoms. The Bertz CT molecular complexity index is 849. The van der Waals surface area contributed by atoms with Crippen molar-refractivity contribution in [3.8, 4) is 0 Å². The average molecular weight is 574 g/mol. The molecule has 0 saturated carbocycles. The van der Waals surface area contributed by atoms with E-state index in [2.05, 4.69) is 55.0 Å². The normalized spacial score (nSPS) is 21.0. The molecule has 0 amide bonds. The molecule has 0 aromatic carbocycles. The maximum Gasteiger partial charge on any atom is 0.191 e. The molecule has 178 valence electrons. The minimum absolute atomic E-state index is 0.